The van der Waals surface area contributed by atoms with E-state index in [-0.39, 0.29) is 17.3 Å². The van der Waals surface area contributed by atoms with Gasteiger partial charge in [-0.1, -0.05) is 23.7 Å². The first-order valence-corrected chi connectivity index (χ1v) is 8.23. The molecule has 1 aliphatic carbocycles. The average Bonchev–Trinajstić information content (AvgIpc) is 2.58. The molecule has 1 atom stereocenters. The number of carbonyl (C=O) groups is 1. The molecule has 1 unspecified atom stereocenters. The van der Waals surface area contributed by atoms with Crippen LogP contribution in [0.5, 0.6) is 0 Å². The Bertz CT molecular complexity index is 1150. The van der Waals surface area contributed by atoms with Crippen LogP contribution in [0.25, 0.3) is 11.0 Å². The van der Waals surface area contributed by atoms with Crippen molar-refractivity contribution >= 4 is 28.4 Å². The summed E-state index contributed by atoms with van der Waals surface area (Å²) in [7, 11) is 1.54. The first-order valence-electron chi connectivity index (χ1n) is 7.85. The fraction of sp³-hybridized carbons (Fsp3) is 0.222. The number of hydrogen-bond acceptors (Lipinski definition) is 4. The molecule has 1 aromatic carbocycles. The number of aromatic nitrogens is 3. The topological polar surface area (TPSA) is 84.8 Å². The molecule has 0 amide bonds. The lowest BCUT2D eigenvalue weighted by atomic mass is 9.79. The maximum Gasteiger partial charge on any atom is 0.329 e. The molecule has 25 heavy (non-hydrogen) atoms. The smallest absolute Gasteiger partial charge is 0.294 e. The van der Waals surface area contributed by atoms with Crippen LogP contribution in [-0.4, -0.2) is 20.3 Å². The third-order valence-electron chi connectivity index (χ3n) is 4.74. The number of aryl methyl sites for hydroxylation is 1. The molecule has 3 aromatic rings. The molecule has 6 nitrogen and oxygen atoms in total. The summed E-state index contributed by atoms with van der Waals surface area (Å²) in [5.41, 5.74) is 1.29. The second-order valence-corrected chi connectivity index (χ2v) is 6.69. The van der Waals surface area contributed by atoms with Crippen LogP contribution in [0.4, 0.5) is 0 Å². The van der Waals surface area contributed by atoms with Crippen molar-refractivity contribution < 1.29 is 4.79 Å². The molecule has 126 valence electrons. The fourth-order valence-corrected chi connectivity index (χ4v) is 3.67. The predicted molar refractivity (Wildman–Crippen MR) is 94.4 cm³/mol. The van der Waals surface area contributed by atoms with Gasteiger partial charge in [0.2, 0.25) is 0 Å². The summed E-state index contributed by atoms with van der Waals surface area (Å²) < 4.78 is 1.28. The van der Waals surface area contributed by atoms with E-state index in [0.29, 0.717) is 34.4 Å². The lowest BCUT2D eigenvalue weighted by Crippen LogP contribution is -2.31. The van der Waals surface area contributed by atoms with Crippen LogP contribution in [0.3, 0.4) is 0 Å². The van der Waals surface area contributed by atoms with Crippen molar-refractivity contribution in [3.05, 3.63) is 73.0 Å². The molecule has 0 radical (unpaired) electrons. The number of carbonyl (C=O) groups excluding carboxylic acids is 1. The lowest BCUT2D eigenvalue weighted by Gasteiger charge is -2.25. The highest BCUT2D eigenvalue weighted by Crippen LogP contribution is 2.35. The molecular weight excluding hydrogens is 342 g/mol. The van der Waals surface area contributed by atoms with E-state index < -0.39 is 11.2 Å². The van der Waals surface area contributed by atoms with Gasteiger partial charge in [0.25, 0.3) is 5.56 Å². The Kier molecular flexibility index (Phi) is 3.58. The van der Waals surface area contributed by atoms with Gasteiger partial charge in [0.15, 0.2) is 5.78 Å². The second kappa shape index (κ2) is 5.67. The zero-order valence-electron chi connectivity index (χ0n) is 13.4. The van der Waals surface area contributed by atoms with Gasteiger partial charge in [-0.2, -0.15) is 0 Å². The molecule has 1 N–H and O–H groups in total. The lowest BCUT2D eigenvalue weighted by molar-refractivity contribution is 0.0964. The molecule has 2 aromatic heterocycles. The Morgan fingerprint density at radius 1 is 1.24 bits per heavy atom. The highest BCUT2D eigenvalue weighted by molar-refractivity contribution is 6.30. The predicted octanol–water partition coefficient (Wildman–Crippen LogP) is 2.19. The number of ketones is 1. The summed E-state index contributed by atoms with van der Waals surface area (Å²) >= 11 is 6.07. The number of nitrogens with zero attached hydrogens (tertiary/aromatic N) is 2. The van der Waals surface area contributed by atoms with Crippen LogP contribution in [0.1, 0.15) is 33.8 Å². The quantitative estimate of drug-likeness (QED) is 0.725. The molecule has 2 heterocycles. The van der Waals surface area contributed by atoms with E-state index in [1.165, 1.54) is 10.8 Å². The fourth-order valence-electron chi connectivity index (χ4n) is 3.47. The second-order valence-electron chi connectivity index (χ2n) is 6.25. The Balaban J connectivity index is 1.96. The number of pyridine rings is 1. The Morgan fingerprint density at radius 3 is 2.80 bits per heavy atom. The van der Waals surface area contributed by atoms with Gasteiger partial charge in [-0.3, -0.25) is 19.1 Å². The maximum absolute atomic E-state index is 12.6. The van der Waals surface area contributed by atoms with Crippen molar-refractivity contribution in [1.29, 1.82) is 0 Å². The van der Waals surface area contributed by atoms with Crippen molar-refractivity contribution in [2.75, 3.05) is 0 Å². The van der Waals surface area contributed by atoms with E-state index in [2.05, 4.69) is 9.97 Å². The van der Waals surface area contributed by atoms with E-state index in [4.69, 9.17) is 11.6 Å². The van der Waals surface area contributed by atoms with Crippen LogP contribution < -0.4 is 11.2 Å². The first-order chi connectivity index (χ1) is 12.0. The maximum atomic E-state index is 12.6. The minimum atomic E-state index is -0.529. The summed E-state index contributed by atoms with van der Waals surface area (Å²) in [5.74, 6) is -0.130. The third kappa shape index (κ3) is 2.49. The molecule has 0 spiro atoms. The highest BCUT2D eigenvalue weighted by Gasteiger charge is 2.29. The molecule has 0 aliphatic heterocycles. The van der Waals surface area contributed by atoms with Crippen molar-refractivity contribution in [2.45, 2.75) is 18.8 Å². The summed E-state index contributed by atoms with van der Waals surface area (Å²) in [4.78, 5) is 43.3. The van der Waals surface area contributed by atoms with E-state index in [1.54, 1.807) is 13.1 Å². The zero-order valence-corrected chi connectivity index (χ0v) is 14.1. The molecule has 0 saturated heterocycles. The standard InChI is InChI=1S/C18H14ClN3O3/c1-22-16-15(17(24)21-18(22)25)12-6-10(7-14(23)13(12)8-20-16)9-3-2-4-11(19)5-9/h2-5,8,10H,6-7H2,1H3,(H,21,24,25). The van der Waals surface area contributed by atoms with Crippen molar-refractivity contribution in [1.82, 2.24) is 14.5 Å². The largest absolute Gasteiger partial charge is 0.329 e. The van der Waals surface area contributed by atoms with Crippen LogP contribution in [0, 0.1) is 0 Å². The normalized spacial score (nSPS) is 16.9. The van der Waals surface area contributed by atoms with Crippen molar-refractivity contribution in [2.24, 2.45) is 7.05 Å². The van der Waals surface area contributed by atoms with Gasteiger partial charge in [0.1, 0.15) is 5.65 Å². The SMILES string of the molecule is Cn1c(=O)[nH]c(=O)c2c3c(cnc21)C(=O)CC(c1cccc(Cl)c1)C3. The summed E-state index contributed by atoms with van der Waals surface area (Å²) in [6, 6.07) is 7.40. The van der Waals surface area contributed by atoms with Gasteiger partial charge < -0.3 is 0 Å². The molecule has 7 heteroatoms. The average molecular weight is 356 g/mol. The monoisotopic (exact) mass is 355 g/mol. The number of hydrogen-bond donors (Lipinski definition) is 1. The number of H-pyrrole nitrogens is 1. The third-order valence-corrected chi connectivity index (χ3v) is 4.97. The van der Waals surface area contributed by atoms with Gasteiger partial charge in [0, 0.05) is 30.3 Å². The Labute approximate surface area is 147 Å². The van der Waals surface area contributed by atoms with Crippen LogP contribution in [0.2, 0.25) is 5.02 Å². The van der Waals surface area contributed by atoms with Gasteiger partial charge >= 0.3 is 5.69 Å². The Hall–Kier alpha value is -2.73. The molecule has 0 fully saturated rings. The van der Waals surface area contributed by atoms with Gasteiger partial charge in [-0.25, -0.2) is 9.78 Å². The summed E-state index contributed by atoms with van der Waals surface area (Å²) in [6.07, 6.45) is 2.32. The van der Waals surface area contributed by atoms with E-state index in [0.717, 1.165) is 5.56 Å². The molecular formula is C18H14ClN3O3. The minimum Gasteiger partial charge on any atom is -0.294 e. The highest BCUT2D eigenvalue weighted by atomic mass is 35.5. The van der Waals surface area contributed by atoms with Crippen molar-refractivity contribution in [3.63, 3.8) is 0 Å². The summed E-state index contributed by atoms with van der Waals surface area (Å²) in [5, 5.41) is 0.912. The first kappa shape index (κ1) is 15.8. The summed E-state index contributed by atoms with van der Waals surface area (Å²) in [6.45, 7) is 0. The van der Waals surface area contributed by atoms with Gasteiger partial charge in [0.05, 0.1) is 5.39 Å². The molecule has 0 saturated carbocycles. The number of nitrogens with one attached hydrogen (secondary N) is 1. The number of Topliss-reactive ketones (excluding diaryl/α,β-unsaturated/α-hetero) is 1. The van der Waals surface area contributed by atoms with Crippen LogP contribution in [-0.2, 0) is 13.5 Å². The van der Waals surface area contributed by atoms with Gasteiger partial charge in [-0.05, 0) is 35.6 Å². The number of halogens is 1. The van der Waals surface area contributed by atoms with Crippen molar-refractivity contribution in [3.8, 4) is 0 Å². The van der Waals surface area contributed by atoms with Crippen LogP contribution >= 0.6 is 11.6 Å². The van der Waals surface area contributed by atoms with E-state index >= 15 is 0 Å². The van der Waals surface area contributed by atoms with E-state index in [9.17, 15) is 14.4 Å². The molecule has 4 rings (SSSR count). The number of fused-ring (bicyclic) bond motifs is 3. The molecule has 1 aliphatic rings. The number of aromatic amines is 1. The zero-order chi connectivity index (χ0) is 17.7. The molecule has 0 bridgehead atoms. The van der Waals surface area contributed by atoms with E-state index in [1.807, 2.05) is 18.2 Å². The minimum absolute atomic E-state index is 0.0612. The van der Waals surface area contributed by atoms with Gasteiger partial charge in [-0.15, -0.1) is 0 Å². The van der Waals surface area contributed by atoms with Crippen LogP contribution in [0.15, 0.2) is 40.1 Å². The Morgan fingerprint density at radius 2 is 2.04 bits per heavy atom. The number of rotatable bonds is 1. The number of benzene rings is 1.